The molecule has 4 aliphatic rings. The summed E-state index contributed by atoms with van der Waals surface area (Å²) in [5.41, 5.74) is 43.1. The van der Waals surface area contributed by atoms with Gasteiger partial charge in [0, 0.05) is 72.9 Å². The van der Waals surface area contributed by atoms with Gasteiger partial charge in [-0.05, 0) is 210 Å². The highest BCUT2D eigenvalue weighted by molar-refractivity contribution is 5.93. The fraction of sp³-hybridized carbons (Fsp3) is 0.306. The van der Waals surface area contributed by atoms with E-state index in [1.54, 1.807) is 6.92 Å². The monoisotopic (exact) mass is 1340 g/mol. The lowest BCUT2D eigenvalue weighted by atomic mass is 9.75. The van der Waals surface area contributed by atoms with Crippen LogP contribution in [0.2, 0.25) is 0 Å². The van der Waals surface area contributed by atoms with Crippen LogP contribution < -0.4 is 18.3 Å². The van der Waals surface area contributed by atoms with Crippen molar-refractivity contribution in [1.29, 1.82) is 0 Å². The number of pyridine rings is 4. The van der Waals surface area contributed by atoms with Gasteiger partial charge < -0.3 is 0 Å². The van der Waals surface area contributed by atoms with Crippen molar-refractivity contribution < 1.29 is 21.0 Å². The summed E-state index contributed by atoms with van der Waals surface area (Å²) in [5.74, 6) is 1.07. The van der Waals surface area contributed by atoms with Crippen LogP contribution in [0.5, 0.6) is 0 Å². The van der Waals surface area contributed by atoms with Gasteiger partial charge in [-0.25, -0.2) is 18.3 Å². The Labute approximate surface area is 614 Å². The van der Waals surface area contributed by atoms with E-state index in [0.717, 1.165) is 17.5 Å². The van der Waals surface area contributed by atoms with Crippen molar-refractivity contribution in [2.24, 2.45) is 28.2 Å². The van der Waals surface area contributed by atoms with Crippen molar-refractivity contribution in [3.63, 3.8) is 0 Å². The highest BCUT2D eigenvalue weighted by atomic mass is 14.9. The summed E-state index contributed by atoms with van der Waals surface area (Å²) in [7, 11) is 8.51. The maximum atomic E-state index is 8.12. The van der Waals surface area contributed by atoms with Gasteiger partial charge in [-0.2, -0.15) is 0 Å². The van der Waals surface area contributed by atoms with E-state index in [1.807, 2.05) is 12.1 Å². The van der Waals surface area contributed by atoms with Crippen LogP contribution in [0.25, 0.3) is 89.5 Å². The van der Waals surface area contributed by atoms with E-state index in [4.69, 9.17) is 2.74 Å². The van der Waals surface area contributed by atoms with Crippen LogP contribution in [0.4, 0.5) is 0 Å². The summed E-state index contributed by atoms with van der Waals surface area (Å²) in [6.45, 7) is 40.8. The highest BCUT2D eigenvalue weighted by Crippen LogP contribution is 2.58. The van der Waals surface area contributed by atoms with Crippen LogP contribution in [-0.2, 0) is 62.6 Å². The molecule has 4 aliphatic carbocycles. The molecule has 12 aromatic rings. The van der Waals surface area contributed by atoms with Crippen LogP contribution in [0.15, 0.2) is 219 Å². The molecule has 0 bridgehead atoms. The average Bonchev–Trinajstić information content (AvgIpc) is 1.57. The van der Waals surface area contributed by atoms with E-state index < -0.39 is 6.37 Å². The summed E-state index contributed by atoms with van der Waals surface area (Å²) in [6, 6.07) is 70.8. The van der Waals surface area contributed by atoms with Crippen LogP contribution in [0.3, 0.4) is 0 Å². The van der Waals surface area contributed by atoms with E-state index in [-0.39, 0.29) is 21.7 Å². The predicted molar refractivity (Wildman–Crippen MR) is 428 cm³/mol. The maximum absolute atomic E-state index is 8.12. The van der Waals surface area contributed by atoms with Gasteiger partial charge in [0.15, 0.2) is 24.8 Å². The molecule has 4 nitrogen and oxygen atoms in total. The van der Waals surface area contributed by atoms with Crippen molar-refractivity contribution in [3.8, 4) is 89.5 Å². The molecule has 102 heavy (non-hydrogen) atoms. The van der Waals surface area contributed by atoms with Gasteiger partial charge in [0.25, 0.3) is 0 Å². The molecule has 0 spiro atoms. The number of benzene rings is 8. The number of rotatable bonds is 8. The SMILES string of the molecule is CCc1cccc2c1-c1ccc(C)c(-c3cccc[n+]3C)c1C2(C)C.Cc1ccc2c(c1-c1cccc[n+]1C)C(C)(C)c1c-2cccc1C(C)C.Cc1ccc2c(c1-c1cccc[n+]1C)C(C)(C)c1cc(C(C)C)ccc1-2.[2H]C([2H])(C)c1ccc2c(c1)-c1ccc(C)c(-c3cccc[n+]3C)c1C2(C)C. The van der Waals surface area contributed by atoms with Gasteiger partial charge in [0.2, 0.25) is 22.8 Å². The summed E-state index contributed by atoms with van der Waals surface area (Å²) in [5, 5.41) is 0. The lowest BCUT2D eigenvalue weighted by molar-refractivity contribution is -0.660. The maximum Gasteiger partial charge on any atom is 0.212 e. The third kappa shape index (κ3) is 11.7. The van der Waals surface area contributed by atoms with Gasteiger partial charge in [0.1, 0.15) is 28.2 Å². The Balaban J connectivity index is 0.000000123. The molecule has 4 heterocycles. The molecule has 16 rings (SSSR count). The summed E-state index contributed by atoms with van der Waals surface area (Å²) in [4.78, 5) is 0. The standard InChI is InChI=1S/2C25H28N.2C24H26N/c1-16(2)18-10-9-11-19-20-14-13-17(3)22(21-12-7-8-15-26(21)6)24(20)25(4,5)23(18)19;1-16(2)18-11-13-19-20-12-10-17(3)23(22-9-7-8-14-26(22)6)24(20)25(4,5)21(19)15-18;1-6-17-10-9-11-19-22(17)18-14-13-16(2)21(23(18)24(19,3)4)20-12-7-8-15-25(20)5;1-6-17-11-13-20-19(15-17)18-12-10-16(2)22(23(18)24(20,3)4)21-9-7-8-14-25(21)5/h2*7-16H,1-6H3;2*7-15H,6H2,1-5H3/q4*+1/i;;;6D2. The first kappa shape index (κ1) is 68.1. The van der Waals surface area contributed by atoms with Gasteiger partial charge in [-0.15, -0.1) is 0 Å². The minimum Gasteiger partial charge on any atom is -0.201 e. The minimum absolute atomic E-state index is 0.000237. The summed E-state index contributed by atoms with van der Waals surface area (Å²) in [6.07, 6.45) is 8.24. The Bertz CT molecular complexity index is 5390. The molecule has 4 aromatic heterocycles. The third-order valence-electron chi connectivity index (χ3n) is 23.5. The number of hydrogen-bond donors (Lipinski definition) is 0. The minimum atomic E-state index is -1.35. The molecule has 0 amide bonds. The first-order valence-electron chi connectivity index (χ1n) is 38.2. The lowest BCUT2D eigenvalue weighted by Crippen LogP contribution is -2.31. The Morgan fingerprint density at radius 1 is 0.324 bits per heavy atom. The molecule has 0 aliphatic heterocycles. The van der Waals surface area contributed by atoms with E-state index >= 15 is 0 Å². The van der Waals surface area contributed by atoms with Crippen LogP contribution in [-0.4, -0.2) is 0 Å². The van der Waals surface area contributed by atoms with Gasteiger partial charge >= 0.3 is 0 Å². The van der Waals surface area contributed by atoms with Crippen LogP contribution in [0.1, 0.15) is 201 Å². The number of fused-ring (bicyclic) bond motifs is 12. The second-order valence-corrected chi connectivity index (χ2v) is 32.1. The van der Waals surface area contributed by atoms with E-state index in [2.05, 4.69) is 371 Å². The molecule has 0 radical (unpaired) electrons. The summed E-state index contributed by atoms with van der Waals surface area (Å²) >= 11 is 0. The second kappa shape index (κ2) is 27.0. The molecule has 0 unspecified atom stereocenters. The van der Waals surface area contributed by atoms with Gasteiger partial charge in [-0.1, -0.05) is 218 Å². The Kier molecular flexibility index (Phi) is 18.0. The first-order chi connectivity index (χ1) is 49.2. The van der Waals surface area contributed by atoms with Crippen molar-refractivity contribution in [1.82, 2.24) is 0 Å². The van der Waals surface area contributed by atoms with E-state index in [0.29, 0.717) is 11.8 Å². The molecule has 0 saturated carbocycles. The molecular formula is C98H108N4+4. The Hall–Kier alpha value is -9.64. The van der Waals surface area contributed by atoms with E-state index in [9.17, 15) is 0 Å². The van der Waals surface area contributed by atoms with Crippen LogP contribution in [0, 0.1) is 27.7 Å². The topological polar surface area (TPSA) is 15.5 Å². The fourth-order valence-corrected chi connectivity index (χ4v) is 18.1. The zero-order valence-corrected chi connectivity index (χ0v) is 64.9. The predicted octanol–water partition coefficient (Wildman–Crippen LogP) is 22.5. The number of aromatic nitrogens is 4. The molecule has 0 N–H and O–H groups in total. The lowest BCUT2D eigenvalue weighted by Gasteiger charge is -2.27. The van der Waals surface area contributed by atoms with Gasteiger partial charge in [-0.3, -0.25) is 0 Å². The Morgan fingerprint density at radius 2 is 0.716 bits per heavy atom. The van der Waals surface area contributed by atoms with Crippen molar-refractivity contribution in [3.05, 3.63) is 308 Å². The molecule has 0 fully saturated rings. The van der Waals surface area contributed by atoms with E-state index in [1.165, 1.54) is 167 Å². The second-order valence-electron chi connectivity index (χ2n) is 32.1. The number of hydrogen-bond acceptors (Lipinski definition) is 0. The quantitative estimate of drug-likeness (QED) is 0.135. The molecule has 8 aromatic carbocycles. The average molecular weight is 1340 g/mol. The zero-order valence-electron chi connectivity index (χ0n) is 66.9. The molecule has 4 heteroatoms. The van der Waals surface area contributed by atoms with Crippen molar-refractivity contribution in [2.75, 3.05) is 0 Å². The molecular weight excluding hydrogens is 1230 g/mol. The molecule has 0 saturated heterocycles. The van der Waals surface area contributed by atoms with Gasteiger partial charge in [0.05, 0.1) is 22.3 Å². The zero-order chi connectivity index (χ0) is 74.6. The van der Waals surface area contributed by atoms with Crippen molar-refractivity contribution >= 4 is 0 Å². The fourth-order valence-electron chi connectivity index (χ4n) is 18.1. The largest absolute Gasteiger partial charge is 0.212 e. The number of aryl methyl sites for hydroxylation is 10. The number of nitrogens with zero attached hydrogens (tertiary/aromatic N) is 4. The third-order valence-corrected chi connectivity index (χ3v) is 23.5. The van der Waals surface area contributed by atoms with Crippen molar-refractivity contribution in [2.45, 2.75) is 171 Å². The summed E-state index contributed by atoms with van der Waals surface area (Å²) < 4.78 is 25.1. The van der Waals surface area contributed by atoms with Crippen LogP contribution >= 0.6 is 0 Å². The highest BCUT2D eigenvalue weighted by Gasteiger charge is 2.45. The Morgan fingerprint density at radius 3 is 1.16 bits per heavy atom. The normalized spacial score (nSPS) is 14.8. The smallest absolute Gasteiger partial charge is 0.201 e. The first-order valence-corrected chi connectivity index (χ1v) is 37.2. The molecule has 516 valence electrons. The molecule has 0 atom stereocenters.